The third kappa shape index (κ3) is 5.73. The number of nitrogens with zero attached hydrogens (tertiary/aromatic N) is 5. The molecule has 0 saturated heterocycles. The second-order valence-electron chi connectivity index (χ2n) is 16.0. The Morgan fingerprint density at radius 1 is 0.302 bits per heavy atom. The molecule has 13 aromatic rings. The summed E-state index contributed by atoms with van der Waals surface area (Å²) in [5, 5.41) is 7.19. The molecule has 0 amide bonds. The predicted molar refractivity (Wildman–Crippen MR) is 263 cm³/mol. The largest absolute Gasteiger partial charge is 0.278 e. The molecule has 9 aromatic carbocycles. The van der Waals surface area contributed by atoms with E-state index in [1.54, 1.807) is 0 Å². The van der Waals surface area contributed by atoms with Gasteiger partial charge in [-0.05, 0) is 69.8 Å². The molecule has 5 nitrogen and oxygen atoms in total. The molecule has 0 fully saturated rings. The summed E-state index contributed by atoms with van der Waals surface area (Å²) in [6.45, 7) is 0. The summed E-state index contributed by atoms with van der Waals surface area (Å²) in [5.41, 5.74) is 12.0. The Morgan fingerprint density at radius 2 is 0.778 bits per heavy atom. The molecule has 4 heterocycles. The van der Waals surface area contributed by atoms with Crippen LogP contribution in [0.4, 0.5) is 0 Å². The lowest BCUT2D eigenvalue weighted by atomic mass is 9.98. The Labute approximate surface area is 366 Å². The van der Waals surface area contributed by atoms with Gasteiger partial charge in [-0.25, -0.2) is 0 Å². The number of para-hydroxylation sites is 3. The fourth-order valence-electron chi connectivity index (χ4n) is 9.47. The third-order valence-electron chi connectivity index (χ3n) is 12.4. The Balaban J connectivity index is 0.997. The van der Waals surface area contributed by atoms with Gasteiger partial charge in [0.25, 0.3) is 0 Å². The van der Waals surface area contributed by atoms with Gasteiger partial charge in [0.05, 0.1) is 22.1 Å². The first-order valence-corrected chi connectivity index (χ1v) is 22.0. The average molecular weight is 822 g/mol. The molecule has 0 N–H and O–H groups in total. The molecule has 0 aliphatic rings. The fourth-order valence-corrected chi connectivity index (χ4v) is 10.7. The van der Waals surface area contributed by atoms with E-state index in [-0.39, 0.29) is 0 Å². The van der Waals surface area contributed by atoms with Crippen molar-refractivity contribution in [3.05, 3.63) is 212 Å². The topological polar surface area (TPSA) is 48.5 Å². The van der Waals surface area contributed by atoms with Gasteiger partial charge in [-0.2, -0.15) is 15.0 Å². The molecule has 13 rings (SSSR count). The maximum atomic E-state index is 5.41. The minimum atomic E-state index is 0.554. The molecular weight excluding hydrogens is 787 g/mol. The number of hydrogen-bond acceptors (Lipinski definition) is 4. The molecule has 0 bridgehead atoms. The summed E-state index contributed by atoms with van der Waals surface area (Å²) >= 11 is 1.86. The van der Waals surface area contributed by atoms with Gasteiger partial charge >= 0.3 is 0 Å². The van der Waals surface area contributed by atoms with Gasteiger partial charge in [-0.1, -0.05) is 176 Å². The van der Waals surface area contributed by atoms with Crippen molar-refractivity contribution >= 4 is 75.1 Å². The lowest BCUT2D eigenvalue weighted by Gasteiger charge is -2.13. The second-order valence-corrected chi connectivity index (χ2v) is 17.1. The summed E-state index contributed by atoms with van der Waals surface area (Å²) in [4.78, 5) is 16.1. The first kappa shape index (κ1) is 35.6. The number of hydrogen-bond donors (Lipinski definition) is 0. The van der Waals surface area contributed by atoms with E-state index >= 15 is 0 Å². The van der Waals surface area contributed by atoms with Crippen LogP contribution in [0.1, 0.15) is 0 Å². The van der Waals surface area contributed by atoms with E-state index in [1.165, 1.54) is 31.3 Å². The van der Waals surface area contributed by atoms with Gasteiger partial charge in [0.15, 0.2) is 5.82 Å². The van der Waals surface area contributed by atoms with Crippen LogP contribution in [0.25, 0.3) is 120 Å². The van der Waals surface area contributed by atoms with Crippen molar-refractivity contribution in [2.75, 3.05) is 0 Å². The summed E-state index contributed by atoms with van der Waals surface area (Å²) < 4.78 is 7.02. The molecule has 0 radical (unpaired) electrons. The van der Waals surface area contributed by atoms with E-state index in [4.69, 9.17) is 15.0 Å². The monoisotopic (exact) mass is 821 g/mol. The highest BCUT2D eigenvalue weighted by atomic mass is 32.1. The Bertz CT molecular complexity index is 3860. The fraction of sp³-hybridized carbons (Fsp3) is 0. The van der Waals surface area contributed by atoms with Crippen LogP contribution >= 0.6 is 11.3 Å². The molecule has 0 aliphatic carbocycles. The summed E-state index contributed by atoms with van der Waals surface area (Å²) in [5.74, 6) is 1.71. The number of aromatic nitrogens is 5. The molecule has 0 spiro atoms. The highest BCUT2D eigenvalue weighted by Crippen LogP contribution is 2.41. The van der Waals surface area contributed by atoms with E-state index in [1.807, 2.05) is 11.3 Å². The van der Waals surface area contributed by atoms with Gasteiger partial charge in [0.1, 0.15) is 0 Å². The summed E-state index contributed by atoms with van der Waals surface area (Å²) in [6.07, 6.45) is 0. The normalized spacial score (nSPS) is 11.8. The molecule has 0 unspecified atom stereocenters. The first-order chi connectivity index (χ1) is 31.2. The van der Waals surface area contributed by atoms with Crippen LogP contribution < -0.4 is 0 Å². The molecule has 4 aromatic heterocycles. The van der Waals surface area contributed by atoms with Gasteiger partial charge in [0.2, 0.25) is 11.9 Å². The highest BCUT2D eigenvalue weighted by Gasteiger charge is 2.21. The minimum Gasteiger partial charge on any atom is -0.278 e. The zero-order valence-electron chi connectivity index (χ0n) is 33.9. The smallest absolute Gasteiger partial charge is 0.240 e. The zero-order chi connectivity index (χ0) is 41.4. The quantitative estimate of drug-likeness (QED) is 0.168. The van der Waals surface area contributed by atoms with Crippen molar-refractivity contribution in [2.24, 2.45) is 0 Å². The molecular formula is C57H35N5S. The van der Waals surface area contributed by atoms with Crippen LogP contribution in [0, 0.1) is 0 Å². The second kappa shape index (κ2) is 14.2. The van der Waals surface area contributed by atoms with Gasteiger partial charge in [-0.3, -0.25) is 9.13 Å². The zero-order valence-corrected chi connectivity index (χ0v) is 34.7. The van der Waals surface area contributed by atoms with Crippen LogP contribution in [0.5, 0.6) is 0 Å². The van der Waals surface area contributed by atoms with Crippen molar-refractivity contribution in [3.63, 3.8) is 0 Å². The molecule has 294 valence electrons. The van der Waals surface area contributed by atoms with Gasteiger partial charge in [-0.15, -0.1) is 11.3 Å². The molecule has 0 aliphatic heterocycles. The van der Waals surface area contributed by atoms with Gasteiger partial charge in [0, 0.05) is 47.3 Å². The standard InChI is InChI=1S/C57H35N5S/c1-2-14-36(15-3-1)40-32-33-46-45-20-6-10-26-51(45)62(52(46)35-40)57-59-55(58-56(60-57)61-49-24-8-4-18-43(49)44-19-5-9-25-50(44)61)41-17-12-16-39(34-41)37-28-30-38(31-29-37)42-22-13-23-48-47-21-7-11-27-53(47)63-54(42)48/h1-35H. The molecule has 0 saturated carbocycles. The van der Waals surface area contributed by atoms with Crippen molar-refractivity contribution in [3.8, 4) is 56.7 Å². The van der Waals surface area contributed by atoms with E-state index in [9.17, 15) is 0 Å². The predicted octanol–water partition coefficient (Wildman–Crippen LogP) is 15.1. The van der Waals surface area contributed by atoms with E-state index in [0.29, 0.717) is 17.7 Å². The Hall–Kier alpha value is -8.19. The van der Waals surface area contributed by atoms with Crippen LogP contribution in [0.15, 0.2) is 212 Å². The Morgan fingerprint density at radius 3 is 1.48 bits per heavy atom. The van der Waals surface area contributed by atoms with Crippen LogP contribution in [-0.4, -0.2) is 24.1 Å². The lowest BCUT2D eigenvalue weighted by molar-refractivity contribution is 0.893. The lowest BCUT2D eigenvalue weighted by Crippen LogP contribution is -2.10. The van der Waals surface area contributed by atoms with Gasteiger partial charge < -0.3 is 0 Å². The van der Waals surface area contributed by atoms with Crippen LogP contribution in [-0.2, 0) is 0 Å². The van der Waals surface area contributed by atoms with E-state index < -0.39 is 0 Å². The van der Waals surface area contributed by atoms with Crippen molar-refractivity contribution in [1.29, 1.82) is 0 Å². The van der Waals surface area contributed by atoms with Crippen LogP contribution in [0.2, 0.25) is 0 Å². The van der Waals surface area contributed by atoms with Crippen molar-refractivity contribution < 1.29 is 0 Å². The third-order valence-corrected chi connectivity index (χ3v) is 13.6. The van der Waals surface area contributed by atoms with Crippen molar-refractivity contribution in [2.45, 2.75) is 0 Å². The molecule has 0 atom stereocenters. The summed E-state index contributed by atoms with van der Waals surface area (Å²) in [7, 11) is 0. The number of thiophene rings is 1. The number of benzene rings is 9. The van der Waals surface area contributed by atoms with Crippen LogP contribution in [0.3, 0.4) is 0 Å². The maximum absolute atomic E-state index is 5.41. The molecule has 6 heteroatoms. The number of fused-ring (bicyclic) bond motifs is 9. The SMILES string of the molecule is c1ccc(-c2ccc3c4ccccc4n(-c4nc(-c5cccc(-c6ccc(-c7cccc8c7sc7ccccc78)cc6)c5)nc(-n5c6ccccc6c6ccccc65)n4)c3c2)cc1. The Kier molecular flexibility index (Phi) is 8.01. The summed E-state index contributed by atoms with van der Waals surface area (Å²) in [6, 6.07) is 75.6. The highest BCUT2D eigenvalue weighted by molar-refractivity contribution is 7.26. The van der Waals surface area contributed by atoms with E-state index in [2.05, 4.69) is 221 Å². The minimum absolute atomic E-state index is 0.554. The molecule has 63 heavy (non-hydrogen) atoms. The first-order valence-electron chi connectivity index (χ1n) is 21.2. The number of rotatable bonds is 6. The average Bonchev–Trinajstić information content (AvgIpc) is 4.02. The maximum Gasteiger partial charge on any atom is 0.240 e. The van der Waals surface area contributed by atoms with Crippen molar-refractivity contribution in [1.82, 2.24) is 24.1 Å². The van der Waals surface area contributed by atoms with E-state index in [0.717, 1.165) is 71.4 Å².